The highest BCUT2D eigenvalue weighted by atomic mass is 32.1. The molecule has 1 heterocycles. The third-order valence-electron chi connectivity index (χ3n) is 4.61. The van der Waals surface area contributed by atoms with Crippen molar-refractivity contribution >= 4 is 34.0 Å². The lowest BCUT2D eigenvalue weighted by molar-refractivity contribution is -0.145. The molecule has 8 nitrogen and oxygen atoms in total. The summed E-state index contributed by atoms with van der Waals surface area (Å²) in [5.74, 6) is 0.357. The van der Waals surface area contributed by atoms with Crippen LogP contribution in [0.3, 0.4) is 0 Å². The van der Waals surface area contributed by atoms with Gasteiger partial charge in [0.05, 0.1) is 25.6 Å². The van der Waals surface area contributed by atoms with Gasteiger partial charge in [0.2, 0.25) is 5.91 Å². The zero-order valence-corrected chi connectivity index (χ0v) is 18.8. The van der Waals surface area contributed by atoms with Gasteiger partial charge in [-0.25, -0.2) is 4.98 Å². The number of hydrogen-bond acceptors (Lipinski definition) is 8. The van der Waals surface area contributed by atoms with Crippen molar-refractivity contribution in [3.8, 4) is 17.2 Å². The average Bonchev–Trinajstić information content (AvgIpc) is 3.25. The van der Waals surface area contributed by atoms with Gasteiger partial charge >= 0.3 is 5.97 Å². The minimum Gasteiger partial charge on any atom is -0.504 e. The van der Waals surface area contributed by atoms with Gasteiger partial charge in [-0.1, -0.05) is 18.2 Å². The van der Waals surface area contributed by atoms with E-state index in [1.165, 1.54) is 37.4 Å². The summed E-state index contributed by atoms with van der Waals surface area (Å²) in [6.07, 6.45) is 0.578. The number of anilines is 2. The first kappa shape index (κ1) is 23.1. The maximum atomic E-state index is 12.3. The second-order valence-corrected chi connectivity index (χ2v) is 7.65. The molecule has 1 amide bonds. The molecule has 0 aliphatic carbocycles. The average molecular weight is 457 g/mol. The Bertz CT molecular complexity index is 1100. The number of hydrogen-bond donors (Lipinski definition) is 1. The fourth-order valence-electron chi connectivity index (χ4n) is 3.05. The van der Waals surface area contributed by atoms with Gasteiger partial charge in [0.15, 0.2) is 16.6 Å². The SMILES string of the molecule is COc1ccc(CCC(=O)OCc2csc(N(C(C)=O)c3ccccc3OC)n2)cc1O. The Labute approximate surface area is 190 Å². The fraction of sp³-hybridized carbons (Fsp3) is 0.261. The van der Waals surface area contributed by atoms with Gasteiger partial charge in [0.25, 0.3) is 0 Å². The Kier molecular flexibility index (Phi) is 7.67. The normalized spacial score (nSPS) is 10.5. The number of ether oxygens (including phenoxy) is 3. The molecule has 2 aromatic carbocycles. The molecule has 3 rings (SSSR count). The predicted octanol–water partition coefficient (Wildman–Crippen LogP) is 4.23. The van der Waals surface area contributed by atoms with Crippen LogP contribution in [0.25, 0.3) is 0 Å². The molecule has 168 valence electrons. The Morgan fingerprint density at radius 2 is 1.84 bits per heavy atom. The summed E-state index contributed by atoms with van der Waals surface area (Å²) in [6.45, 7) is 1.45. The third-order valence-corrected chi connectivity index (χ3v) is 5.49. The molecule has 0 saturated heterocycles. The molecule has 0 saturated carbocycles. The number of phenolic OH excluding ortho intramolecular Hbond substituents is 1. The second-order valence-electron chi connectivity index (χ2n) is 6.81. The zero-order valence-electron chi connectivity index (χ0n) is 18.0. The first-order chi connectivity index (χ1) is 15.4. The van der Waals surface area contributed by atoms with E-state index >= 15 is 0 Å². The van der Waals surface area contributed by atoms with Gasteiger partial charge in [-0.2, -0.15) is 0 Å². The van der Waals surface area contributed by atoms with Crippen LogP contribution in [-0.4, -0.2) is 36.2 Å². The quantitative estimate of drug-likeness (QED) is 0.481. The van der Waals surface area contributed by atoms with E-state index in [4.69, 9.17) is 14.2 Å². The molecular weight excluding hydrogens is 432 g/mol. The molecule has 1 aromatic heterocycles. The highest BCUT2D eigenvalue weighted by Gasteiger charge is 2.21. The summed E-state index contributed by atoms with van der Waals surface area (Å²) in [6, 6.07) is 12.2. The number of thiazole rings is 1. The van der Waals surface area contributed by atoms with E-state index in [9.17, 15) is 14.7 Å². The van der Waals surface area contributed by atoms with Gasteiger partial charge in [-0.05, 0) is 36.2 Å². The maximum Gasteiger partial charge on any atom is 0.306 e. The summed E-state index contributed by atoms with van der Waals surface area (Å²) in [5.41, 5.74) is 1.93. The first-order valence-electron chi connectivity index (χ1n) is 9.82. The van der Waals surface area contributed by atoms with Crippen LogP contribution in [-0.2, 0) is 27.4 Å². The smallest absolute Gasteiger partial charge is 0.306 e. The molecule has 9 heteroatoms. The van der Waals surface area contributed by atoms with Crippen molar-refractivity contribution in [2.75, 3.05) is 19.1 Å². The molecule has 0 unspecified atom stereocenters. The lowest BCUT2D eigenvalue weighted by atomic mass is 10.1. The number of rotatable bonds is 9. The molecule has 0 bridgehead atoms. The number of benzene rings is 2. The number of nitrogens with zero attached hydrogens (tertiary/aromatic N) is 2. The maximum absolute atomic E-state index is 12.3. The molecule has 0 radical (unpaired) electrons. The van der Waals surface area contributed by atoms with E-state index in [1.54, 1.807) is 35.7 Å². The number of para-hydroxylation sites is 2. The Morgan fingerprint density at radius 3 is 2.53 bits per heavy atom. The van der Waals surface area contributed by atoms with E-state index in [0.29, 0.717) is 34.4 Å². The number of aryl methyl sites for hydroxylation is 1. The number of methoxy groups -OCH3 is 2. The van der Waals surface area contributed by atoms with Gasteiger partial charge in [0, 0.05) is 18.7 Å². The number of phenols is 1. The Balaban J connectivity index is 1.60. The summed E-state index contributed by atoms with van der Waals surface area (Å²) < 4.78 is 15.7. The molecule has 0 aliphatic rings. The van der Waals surface area contributed by atoms with Gasteiger partial charge in [-0.15, -0.1) is 11.3 Å². The highest BCUT2D eigenvalue weighted by Crippen LogP contribution is 2.35. The molecular formula is C23H24N2O6S. The highest BCUT2D eigenvalue weighted by molar-refractivity contribution is 7.14. The monoisotopic (exact) mass is 456 g/mol. The fourth-order valence-corrected chi connectivity index (χ4v) is 3.92. The van der Waals surface area contributed by atoms with E-state index in [1.807, 2.05) is 12.1 Å². The van der Waals surface area contributed by atoms with Crippen molar-refractivity contribution in [3.05, 3.63) is 59.1 Å². The number of esters is 1. The van der Waals surface area contributed by atoms with E-state index in [-0.39, 0.29) is 30.7 Å². The molecule has 1 N–H and O–H groups in total. The van der Waals surface area contributed by atoms with Crippen molar-refractivity contribution < 1.29 is 28.9 Å². The third kappa shape index (κ3) is 5.55. The van der Waals surface area contributed by atoms with Crippen LogP contribution in [0.5, 0.6) is 17.2 Å². The molecule has 3 aromatic rings. The summed E-state index contributed by atoms with van der Waals surface area (Å²) >= 11 is 1.27. The van der Waals surface area contributed by atoms with Crippen LogP contribution in [0, 0.1) is 0 Å². The number of aromatic nitrogens is 1. The summed E-state index contributed by atoms with van der Waals surface area (Å²) in [5, 5.41) is 12.0. The minimum absolute atomic E-state index is 0.000858. The van der Waals surface area contributed by atoms with Gasteiger partial charge in [-0.3, -0.25) is 14.5 Å². The van der Waals surface area contributed by atoms with E-state index < -0.39 is 0 Å². The number of amides is 1. The van der Waals surface area contributed by atoms with Gasteiger partial charge < -0.3 is 19.3 Å². The number of aromatic hydroxyl groups is 1. The molecule has 0 fully saturated rings. The lowest BCUT2D eigenvalue weighted by Gasteiger charge is -2.20. The van der Waals surface area contributed by atoms with E-state index in [0.717, 1.165) is 5.56 Å². The van der Waals surface area contributed by atoms with Crippen LogP contribution >= 0.6 is 11.3 Å². The standard InChI is InChI=1S/C23H24N2O6S/c1-15(26)25(18-6-4-5-7-20(18)29-2)23-24-17(14-32-23)13-31-22(28)11-9-16-8-10-21(30-3)19(27)12-16/h4-8,10,12,14,27H,9,11,13H2,1-3H3. The van der Waals surface area contributed by atoms with Crippen LogP contribution in [0.15, 0.2) is 47.8 Å². The summed E-state index contributed by atoms with van der Waals surface area (Å²) in [4.78, 5) is 30.3. The van der Waals surface area contributed by atoms with Crippen LogP contribution in [0.4, 0.5) is 10.8 Å². The molecule has 0 spiro atoms. The number of carbonyl (C=O) groups excluding carboxylic acids is 2. The molecule has 32 heavy (non-hydrogen) atoms. The molecule has 0 atom stereocenters. The zero-order chi connectivity index (χ0) is 23.1. The Hall–Kier alpha value is -3.59. The largest absolute Gasteiger partial charge is 0.504 e. The van der Waals surface area contributed by atoms with Crippen molar-refractivity contribution in [3.63, 3.8) is 0 Å². The predicted molar refractivity (Wildman–Crippen MR) is 121 cm³/mol. The van der Waals surface area contributed by atoms with Crippen molar-refractivity contribution in [1.82, 2.24) is 4.98 Å². The summed E-state index contributed by atoms with van der Waals surface area (Å²) in [7, 11) is 3.01. The van der Waals surface area contributed by atoms with Crippen molar-refractivity contribution in [2.45, 2.75) is 26.4 Å². The van der Waals surface area contributed by atoms with E-state index in [2.05, 4.69) is 4.98 Å². The van der Waals surface area contributed by atoms with Crippen LogP contribution in [0.1, 0.15) is 24.6 Å². The van der Waals surface area contributed by atoms with Crippen molar-refractivity contribution in [1.29, 1.82) is 0 Å². The minimum atomic E-state index is -0.386. The van der Waals surface area contributed by atoms with Crippen molar-refractivity contribution in [2.24, 2.45) is 0 Å². The lowest BCUT2D eigenvalue weighted by Crippen LogP contribution is -2.23. The van der Waals surface area contributed by atoms with Crippen LogP contribution in [0.2, 0.25) is 0 Å². The Morgan fingerprint density at radius 1 is 1.09 bits per heavy atom. The molecule has 0 aliphatic heterocycles. The first-order valence-corrected chi connectivity index (χ1v) is 10.7. The number of carbonyl (C=O) groups is 2. The topological polar surface area (TPSA) is 98.2 Å². The van der Waals surface area contributed by atoms with Crippen LogP contribution < -0.4 is 14.4 Å². The van der Waals surface area contributed by atoms with Gasteiger partial charge in [0.1, 0.15) is 12.4 Å². The second kappa shape index (κ2) is 10.6.